The number of ketones is 1. The van der Waals surface area contributed by atoms with Crippen LogP contribution in [0.25, 0.3) is 5.52 Å². The van der Waals surface area contributed by atoms with E-state index >= 15 is 0 Å². The lowest BCUT2D eigenvalue weighted by atomic mass is 10.0. The molecule has 1 atom stereocenters. The minimum Gasteiger partial charge on any atom is -0.305 e. The molecule has 0 aliphatic heterocycles. The molecule has 5 heteroatoms. The van der Waals surface area contributed by atoms with Gasteiger partial charge in [0.25, 0.3) is 5.56 Å². The number of carbonyl (C=O) groups is 1. The fraction of sp³-hybridized carbons (Fsp3) is 0.462. The molecule has 96 valence electrons. The van der Waals surface area contributed by atoms with Gasteiger partial charge in [-0.3, -0.25) is 9.59 Å². The summed E-state index contributed by atoms with van der Waals surface area (Å²) < 4.78 is 2.99. The summed E-state index contributed by atoms with van der Waals surface area (Å²) in [6.07, 6.45) is 4.11. The van der Waals surface area contributed by atoms with E-state index in [1.807, 2.05) is 20.8 Å². The molecule has 0 radical (unpaired) electrons. The Balaban J connectivity index is 2.38. The highest BCUT2D eigenvalue weighted by atomic mass is 16.1. The molecule has 2 aromatic rings. The van der Waals surface area contributed by atoms with Gasteiger partial charge in [-0.2, -0.15) is 5.10 Å². The Morgan fingerprint density at radius 2 is 2.17 bits per heavy atom. The molecule has 0 aliphatic rings. The third-order valence-corrected chi connectivity index (χ3v) is 3.21. The summed E-state index contributed by atoms with van der Waals surface area (Å²) in [7, 11) is 0. The first-order valence-electron chi connectivity index (χ1n) is 6.11. The second-order valence-corrected chi connectivity index (χ2v) is 4.62. The lowest BCUT2D eigenvalue weighted by Crippen LogP contribution is -2.27. The molecular formula is C13H17N3O2. The van der Waals surface area contributed by atoms with Crippen LogP contribution in [0.5, 0.6) is 0 Å². The van der Waals surface area contributed by atoms with E-state index in [-0.39, 0.29) is 23.8 Å². The van der Waals surface area contributed by atoms with Gasteiger partial charge in [0.1, 0.15) is 5.52 Å². The van der Waals surface area contributed by atoms with Crippen LogP contribution in [0.1, 0.15) is 26.0 Å². The second kappa shape index (κ2) is 4.76. The average molecular weight is 247 g/mol. The van der Waals surface area contributed by atoms with Crippen LogP contribution in [0.4, 0.5) is 0 Å². The Bertz CT molecular complexity index is 639. The number of Topliss-reactive ketones (excluding diaryl/α,β-unsaturated/α-hetero) is 1. The maximum atomic E-state index is 12.1. The number of hydrogen-bond donors (Lipinski definition) is 0. The number of fused-ring (bicyclic) bond motifs is 1. The molecule has 0 saturated carbocycles. The van der Waals surface area contributed by atoms with Crippen molar-refractivity contribution in [2.24, 2.45) is 5.92 Å². The van der Waals surface area contributed by atoms with Gasteiger partial charge >= 0.3 is 0 Å². The van der Waals surface area contributed by atoms with Gasteiger partial charge in [0.05, 0.1) is 12.2 Å². The summed E-state index contributed by atoms with van der Waals surface area (Å²) in [6.45, 7) is 5.82. The number of nitrogens with zero attached hydrogens (tertiary/aromatic N) is 3. The van der Waals surface area contributed by atoms with Crippen LogP contribution in [-0.2, 0) is 11.3 Å². The van der Waals surface area contributed by atoms with Crippen LogP contribution in [0.3, 0.4) is 0 Å². The Labute approximate surface area is 105 Å². The van der Waals surface area contributed by atoms with Crippen molar-refractivity contribution in [1.82, 2.24) is 14.2 Å². The molecule has 2 rings (SSSR count). The highest BCUT2D eigenvalue weighted by Crippen LogP contribution is 2.04. The predicted octanol–water partition coefficient (Wildman–Crippen LogP) is 1.42. The molecule has 0 fully saturated rings. The SMILES string of the molecule is CCC(C)C(=O)Cn1ccn2nc(C)cc2c1=O. The zero-order valence-electron chi connectivity index (χ0n) is 10.9. The van der Waals surface area contributed by atoms with Crippen molar-refractivity contribution >= 4 is 11.3 Å². The van der Waals surface area contributed by atoms with Gasteiger partial charge in [0.2, 0.25) is 0 Å². The molecule has 0 N–H and O–H groups in total. The van der Waals surface area contributed by atoms with E-state index in [0.717, 1.165) is 12.1 Å². The van der Waals surface area contributed by atoms with Crippen LogP contribution < -0.4 is 5.56 Å². The third-order valence-electron chi connectivity index (χ3n) is 3.21. The highest BCUT2D eigenvalue weighted by Gasteiger charge is 2.13. The molecule has 0 spiro atoms. The van der Waals surface area contributed by atoms with E-state index in [0.29, 0.717) is 5.52 Å². The number of aryl methyl sites for hydroxylation is 1. The largest absolute Gasteiger partial charge is 0.305 e. The first kappa shape index (κ1) is 12.5. The monoisotopic (exact) mass is 247 g/mol. The molecule has 2 aromatic heterocycles. The van der Waals surface area contributed by atoms with E-state index in [1.54, 1.807) is 23.0 Å². The maximum absolute atomic E-state index is 12.1. The Hall–Kier alpha value is -1.91. The summed E-state index contributed by atoms with van der Waals surface area (Å²) >= 11 is 0. The first-order valence-corrected chi connectivity index (χ1v) is 6.11. The molecule has 2 heterocycles. The van der Waals surface area contributed by atoms with Gasteiger partial charge < -0.3 is 4.57 Å². The van der Waals surface area contributed by atoms with E-state index < -0.39 is 0 Å². The number of carbonyl (C=O) groups excluding carboxylic acids is 1. The van der Waals surface area contributed by atoms with Gasteiger partial charge in [0.15, 0.2) is 5.78 Å². The van der Waals surface area contributed by atoms with Gasteiger partial charge in [-0.15, -0.1) is 0 Å². The summed E-state index contributed by atoms with van der Waals surface area (Å²) in [4.78, 5) is 24.0. The van der Waals surface area contributed by atoms with Crippen molar-refractivity contribution in [1.29, 1.82) is 0 Å². The van der Waals surface area contributed by atoms with Crippen LogP contribution in [-0.4, -0.2) is 20.0 Å². The smallest absolute Gasteiger partial charge is 0.276 e. The van der Waals surface area contributed by atoms with Crippen molar-refractivity contribution in [3.05, 3.63) is 34.5 Å². The third kappa shape index (κ3) is 2.20. The van der Waals surface area contributed by atoms with Crippen LogP contribution >= 0.6 is 0 Å². The lowest BCUT2D eigenvalue weighted by molar-refractivity contribution is -0.123. The van der Waals surface area contributed by atoms with E-state index in [4.69, 9.17) is 0 Å². The number of aromatic nitrogens is 3. The minimum atomic E-state index is -0.172. The topological polar surface area (TPSA) is 56.4 Å². The standard InChI is InChI=1S/C13H17N3O2/c1-4-9(2)12(17)8-15-5-6-16-11(13(15)18)7-10(3)14-16/h5-7,9H,4,8H2,1-3H3. The van der Waals surface area contributed by atoms with Crippen molar-refractivity contribution in [3.63, 3.8) is 0 Å². The Kier molecular flexibility index (Phi) is 3.32. The first-order chi connectivity index (χ1) is 8.52. The Morgan fingerprint density at radius 3 is 2.83 bits per heavy atom. The highest BCUT2D eigenvalue weighted by molar-refractivity contribution is 5.80. The molecule has 0 aliphatic carbocycles. The molecule has 0 aromatic carbocycles. The van der Waals surface area contributed by atoms with Gasteiger partial charge in [0, 0.05) is 18.3 Å². The van der Waals surface area contributed by atoms with Gasteiger partial charge in [-0.05, 0) is 19.4 Å². The minimum absolute atomic E-state index is 0.0141. The maximum Gasteiger partial charge on any atom is 0.276 e. The Morgan fingerprint density at radius 1 is 1.44 bits per heavy atom. The zero-order chi connectivity index (χ0) is 13.3. The quantitative estimate of drug-likeness (QED) is 0.821. The molecule has 5 nitrogen and oxygen atoms in total. The van der Waals surface area contributed by atoms with Crippen molar-refractivity contribution in [2.45, 2.75) is 33.7 Å². The molecule has 0 amide bonds. The van der Waals surface area contributed by atoms with Crippen LogP contribution in [0, 0.1) is 12.8 Å². The zero-order valence-corrected chi connectivity index (χ0v) is 10.9. The van der Waals surface area contributed by atoms with Gasteiger partial charge in [-0.1, -0.05) is 13.8 Å². The molecule has 0 saturated heterocycles. The molecule has 18 heavy (non-hydrogen) atoms. The summed E-state index contributed by atoms with van der Waals surface area (Å²) in [5.74, 6) is 0.0694. The fourth-order valence-electron chi connectivity index (χ4n) is 1.82. The van der Waals surface area contributed by atoms with E-state index in [9.17, 15) is 9.59 Å². The number of hydrogen-bond acceptors (Lipinski definition) is 3. The summed E-state index contributed by atoms with van der Waals surface area (Å²) in [5.41, 5.74) is 1.12. The number of rotatable bonds is 4. The van der Waals surface area contributed by atoms with Crippen LogP contribution in [0.15, 0.2) is 23.3 Å². The van der Waals surface area contributed by atoms with Crippen molar-refractivity contribution in [3.8, 4) is 0 Å². The van der Waals surface area contributed by atoms with Crippen molar-refractivity contribution < 1.29 is 4.79 Å². The lowest BCUT2D eigenvalue weighted by Gasteiger charge is -2.09. The van der Waals surface area contributed by atoms with Gasteiger partial charge in [-0.25, -0.2) is 4.52 Å². The van der Waals surface area contributed by atoms with E-state index in [1.165, 1.54) is 4.57 Å². The normalized spacial score (nSPS) is 12.8. The van der Waals surface area contributed by atoms with Crippen LogP contribution in [0.2, 0.25) is 0 Å². The summed E-state index contributed by atoms with van der Waals surface area (Å²) in [5, 5.41) is 4.16. The van der Waals surface area contributed by atoms with Crippen molar-refractivity contribution in [2.75, 3.05) is 0 Å². The second-order valence-electron chi connectivity index (χ2n) is 4.62. The molecular weight excluding hydrogens is 230 g/mol. The van der Waals surface area contributed by atoms with E-state index in [2.05, 4.69) is 5.10 Å². The summed E-state index contributed by atoms with van der Waals surface area (Å²) in [6, 6.07) is 1.73. The average Bonchev–Trinajstić information content (AvgIpc) is 2.73. The predicted molar refractivity (Wildman–Crippen MR) is 68.7 cm³/mol. The fourth-order valence-corrected chi connectivity index (χ4v) is 1.82. The molecule has 1 unspecified atom stereocenters. The molecule has 0 bridgehead atoms.